The highest BCUT2D eigenvalue weighted by atomic mass is 79.9. The van der Waals surface area contributed by atoms with Gasteiger partial charge in [0.25, 0.3) is 0 Å². The van der Waals surface area contributed by atoms with Crippen molar-refractivity contribution >= 4 is 49.9 Å². The standard InChI is InChI=1S/C15H15BrN4O2S/c1-20-6-5-11-12(8-20)23-15(18-11)19-14(22)13(21)17-10-4-2-3-9(16)7-10/h2-4,7H,5-6,8H2,1H3,(H,17,21)(H,18,19,22). The van der Waals surface area contributed by atoms with Gasteiger partial charge in [0.2, 0.25) is 0 Å². The van der Waals surface area contributed by atoms with Crippen LogP contribution in [-0.2, 0) is 22.6 Å². The Bertz CT molecular complexity index is 762. The average Bonchev–Trinajstić information content (AvgIpc) is 2.88. The summed E-state index contributed by atoms with van der Waals surface area (Å²) in [6.07, 6.45) is 0.864. The van der Waals surface area contributed by atoms with Gasteiger partial charge in [-0.2, -0.15) is 0 Å². The predicted molar refractivity (Wildman–Crippen MR) is 93.6 cm³/mol. The van der Waals surface area contributed by atoms with E-state index in [0.29, 0.717) is 10.8 Å². The summed E-state index contributed by atoms with van der Waals surface area (Å²) < 4.78 is 0.826. The Morgan fingerprint density at radius 1 is 1.30 bits per heavy atom. The number of hydrogen-bond donors (Lipinski definition) is 2. The number of halogens is 1. The SMILES string of the molecule is CN1CCc2nc(NC(=O)C(=O)Nc3cccc(Br)c3)sc2C1. The number of carbonyl (C=O) groups is 2. The Morgan fingerprint density at radius 2 is 2.09 bits per heavy atom. The predicted octanol–water partition coefficient (Wildman–Crippen LogP) is 2.47. The van der Waals surface area contributed by atoms with Crippen LogP contribution in [0, 0.1) is 0 Å². The Labute approximate surface area is 146 Å². The zero-order valence-electron chi connectivity index (χ0n) is 12.4. The molecular weight excluding hydrogens is 380 g/mol. The van der Waals surface area contributed by atoms with Gasteiger partial charge in [-0.1, -0.05) is 22.0 Å². The second kappa shape index (κ2) is 6.77. The van der Waals surface area contributed by atoms with Gasteiger partial charge in [0.1, 0.15) is 0 Å². The Kier molecular flexibility index (Phi) is 4.74. The lowest BCUT2D eigenvalue weighted by Crippen LogP contribution is -2.29. The molecule has 6 nitrogen and oxygen atoms in total. The first kappa shape index (κ1) is 16.1. The smallest absolute Gasteiger partial charge is 0.315 e. The molecule has 0 bridgehead atoms. The number of hydrogen-bond acceptors (Lipinski definition) is 5. The minimum Gasteiger partial charge on any atom is -0.318 e. The van der Waals surface area contributed by atoms with Crippen LogP contribution in [-0.4, -0.2) is 35.3 Å². The zero-order chi connectivity index (χ0) is 16.4. The highest BCUT2D eigenvalue weighted by Crippen LogP contribution is 2.27. The first-order chi connectivity index (χ1) is 11.0. The van der Waals surface area contributed by atoms with E-state index in [-0.39, 0.29) is 0 Å². The lowest BCUT2D eigenvalue weighted by atomic mass is 10.2. The number of likely N-dealkylation sites (N-methyl/N-ethyl adjacent to an activating group) is 1. The number of thiazole rings is 1. The molecule has 120 valence electrons. The van der Waals surface area contributed by atoms with Gasteiger partial charge in [0, 0.05) is 34.5 Å². The van der Waals surface area contributed by atoms with Gasteiger partial charge in [0.15, 0.2) is 5.13 Å². The van der Waals surface area contributed by atoms with E-state index in [1.807, 2.05) is 13.1 Å². The van der Waals surface area contributed by atoms with E-state index in [0.717, 1.165) is 34.6 Å². The van der Waals surface area contributed by atoms with Gasteiger partial charge >= 0.3 is 11.8 Å². The molecule has 1 aromatic heterocycles. The monoisotopic (exact) mass is 394 g/mol. The number of benzene rings is 1. The van der Waals surface area contributed by atoms with Crippen LogP contribution < -0.4 is 10.6 Å². The molecule has 1 aliphatic rings. The van der Waals surface area contributed by atoms with E-state index in [1.54, 1.807) is 18.2 Å². The first-order valence-electron chi connectivity index (χ1n) is 7.06. The molecule has 2 amide bonds. The zero-order valence-corrected chi connectivity index (χ0v) is 14.8. The molecule has 0 saturated heterocycles. The van der Waals surface area contributed by atoms with Gasteiger partial charge in [-0.05, 0) is 25.2 Å². The highest BCUT2D eigenvalue weighted by molar-refractivity contribution is 9.10. The summed E-state index contributed by atoms with van der Waals surface area (Å²) in [6.45, 7) is 1.78. The summed E-state index contributed by atoms with van der Waals surface area (Å²) in [6, 6.07) is 7.06. The van der Waals surface area contributed by atoms with Gasteiger partial charge in [-0.3, -0.25) is 14.9 Å². The number of aromatic nitrogens is 1. The van der Waals surface area contributed by atoms with Crippen molar-refractivity contribution in [1.82, 2.24) is 9.88 Å². The summed E-state index contributed by atoms with van der Waals surface area (Å²) in [5.74, 6) is -1.43. The number of rotatable bonds is 2. The Morgan fingerprint density at radius 3 is 2.87 bits per heavy atom. The molecular formula is C15H15BrN4O2S. The number of anilines is 2. The molecule has 0 spiro atoms. The van der Waals surface area contributed by atoms with Crippen LogP contribution in [0.2, 0.25) is 0 Å². The van der Waals surface area contributed by atoms with Crippen molar-refractivity contribution in [2.24, 2.45) is 0 Å². The molecule has 2 aromatic rings. The van der Waals surface area contributed by atoms with Crippen molar-refractivity contribution in [3.63, 3.8) is 0 Å². The minimum atomic E-state index is -0.718. The molecule has 2 N–H and O–H groups in total. The number of amides is 2. The molecule has 3 rings (SSSR count). The van der Waals surface area contributed by atoms with Crippen molar-refractivity contribution < 1.29 is 9.59 Å². The van der Waals surface area contributed by atoms with Crippen LogP contribution in [0.5, 0.6) is 0 Å². The van der Waals surface area contributed by atoms with Crippen LogP contribution >= 0.6 is 27.3 Å². The number of fused-ring (bicyclic) bond motifs is 1. The van der Waals surface area contributed by atoms with Crippen LogP contribution in [0.3, 0.4) is 0 Å². The molecule has 2 heterocycles. The number of nitrogens with one attached hydrogen (secondary N) is 2. The largest absolute Gasteiger partial charge is 0.318 e. The fourth-order valence-corrected chi connectivity index (χ4v) is 3.77. The molecule has 1 aromatic carbocycles. The molecule has 0 saturated carbocycles. The molecule has 0 unspecified atom stereocenters. The molecule has 0 aliphatic carbocycles. The maximum absolute atomic E-state index is 12.0. The van der Waals surface area contributed by atoms with Gasteiger partial charge < -0.3 is 10.2 Å². The summed E-state index contributed by atoms with van der Waals surface area (Å²) in [7, 11) is 2.05. The fourth-order valence-electron chi connectivity index (χ4n) is 2.28. The third kappa shape index (κ3) is 3.95. The van der Waals surface area contributed by atoms with Crippen LogP contribution in [0.25, 0.3) is 0 Å². The van der Waals surface area contributed by atoms with E-state index in [4.69, 9.17) is 0 Å². The lowest BCUT2D eigenvalue weighted by molar-refractivity contribution is -0.133. The van der Waals surface area contributed by atoms with Gasteiger partial charge in [-0.25, -0.2) is 4.98 Å². The van der Waals surface area contributed by atoms with E-state index in [1.165, 1.54) is 11.3 Å². The normalized spacial score (nSPS) is 14.2. The topological polar surface area (TPSA) is 74.3 Å². The maximum Gasteiger partial charge on any atom is 0.315 e. The molecule has 23 heavy (non-hydrogen) atoms. The number of carbonyl (C=O) groups excluding carboxylic acids is 2. The summed E-state index contributed by atoms with van der Waals surface area (Å²) >= 11 is 4.74. The van der Waals surface area contributed by atoms with Crippen molar-refractivity contribution in [2.75, 3.05) is 24.2 Å². The molecule has 0 atom stereocenters. The quantitative estimate of drug-likeness (QED) is 0.767. The second-order valence-corrected chi connectivity index (χ2v) is 7.29. The average molecular weight is 395 g/mol. The summed E-state index contributed by atoms with van der Waals surface area (Å²) in [5, 5.41) is 5.61. The van der Waals surface area contributed by atoms with Crippen molar-refractivity contribution in [3.05, 3.63) is 39.3 Å². The first-order valence-corrected chi connectivity index (χ1v) is 8.67. The molecule has 0 radical (unpaired) electrons. The molecule has 8 heteroatoms. The Hall–Kier alpha value is -1.77. The Balaban J connectivity index is 1.64. The summed E-state index contributed by atoms with van der Waals surface area (Å²) in [4.78, 5) is 31.7. The van der Waals surface area contributed by atoms with E-state index >= 15 is 0 Å². The minimum absolute atomic E-state index is 0.472. The van der Waals surface area contributed by atoms with E-state index in [9.17, 15) is 9.59 Å². The third-order valence-electron chi connectivity index (χ3n) is 3.43. The van der Waals surface area contributed by atoms with Crippen molar-refractivity contribution in [2.45, 2.75) is 13.0 Å². The van der Waals surface area contributed by atoms with Gasteiger partial charge in [0.05, 0.1) is 5.69 Å². The van der Waals surface area contributed by atoms with Gasteiger partial charge in [-0.15, -0.1) is 11.3 Å². The maximum atomic E-state index is 12.0. The van der Waals surface area contributed by atoms with Crippen molar-refractivity contribution in [1.29, 1.82) is 0 Å². The van der Waals surface area contributed by atoms with Crippen LogP contribution in [0.15, 0.2) is 28.7 Å². The van der Waals surface area contributed by atoms with Crippen molar-refractivity contribution in [3.8, 4) is 0 Å². The van der Waals surface area contributed by atoms with E-state index in [2.05, 4.69) is 36.4 Å². The van der Waals surface area contributed by atoms with Crippen LogP contribution in [0.1, 0.15) is 10.6 Å². The molecule has 0 fully saturated rings. The summed E-state index contributed by atoms with van der Waals surface area (Å²) in [5.41, 5.74) is 1.57. The van der Waals surface area contributed by atoms with Crippen LogP contribution in [0.4, 0.5) is 10.8 Å². The second-order valence-electron chi connectivity index (χ2n) is 5.30. The highest BCUT2D eigenvalue weighted by Gasteiger charge is 2.21. The van der Waals surface area contributed by atoms with E-state index < -0.39 is 11.8 Å². The number of nitrogens with zero attached hydrogens (tertiary/aromatic N) is 2. The molecule has 1 aliphatic heterocycles. The fraction of sp³-hybridized carbons (Fsp3) is 0.267. The lowest BCUT2D eigenvalue weighted by Gasteiger charge is -2.20. The third-order valence-corrected chi connectivity index (χ3v) is 4.92.